The monoisotopic (exact) mass is 130 g/mol. The van der Waals surface area contributed by atoms with E-state index < -0.39 is 0 Å². The van der Waals surface area contributed by atoms with E-state index in [0.717, 1.165) is 6.42 Å². The van der Waals surface area contributed by atoms with Crippen molar-refractivity contribution in [3.63, 3.8) is 0 Å². The Morgan fingerprint density at radius 1 is 1.67 bits per heavy atom. The Bertz CT molecular complexity index is 110. The maximum atomic E-state index is 8.12. The highest BCUT2D eigenvalue weighted by Crippen LogP contribution is 1.54. The molecule has 0 heterocycles. The Hall–Kier alpha value is -1.24. The molecule has 0 aliphatic heterocycles. The van der Waals surface area contributed by atoms with E-state index in [2.05, 4.69) is 4.79 Å². The van der Waals surface area contributed by atoms with E-state index >= 15 is 0 Å². The molecule has 0 saturated carbocycles. The third kappa shape index (κ3) is 265. The van der Waals surface area contributed by atoms with Crippen LogP contribution in [0.1, 0.15) is 20.8 Å². The van der Waals surface area contributed by atoms with Gasteiger partial charge >= 0.3 is 6.15 Å². The van der Waals surface area contributed by atoms with Gasteiger partial charge in [0.1, 0.15) is 0 Å². The molecule has 0 fully saturated rings. The average molecular weight is 130 g/mol. The summed E-state index contributed by atoms with van der Waals surface area (Å²) < 4.78 is 0. The first-order valence-electron chi connectivity index (χ1n) is 1.98. The number of nitrogens with zero attached hydrogens (tertiary/aromatic N) is 2. The van der Waals surface area contributed by atoms with Gasteiger partial charge in [0.2, 0.25) is 0 Å². The summed E-state index contributed by atoms with van der Waals surface area (Å²) in [4.78, 5) is 19.0. The molecule has 4 heteroatoms. The minimum absolute atomic E-state index is 0. The highest BCUT2D eigenvalue weighted by molar-refractivity contribution is 5.49. The predicted octanol–water partition coefficient (Wildman–Crippen LogP) is 0.750. The van der Waals surface area contributed by atoms with E-state index in [9.17, 15) is 0 Å². The van der Waals surface area contributed by atoms with Crippen LogP contribution < -0.4 is 0 Å². The number of hydrogen-bond acceptors (Lipinski definition) is 2. The minimum Gasteiger partial charge on any atom is -0.362 e. The second kappa shape index (κ2) is 29.4. The van der Waals surface area contributed by atoms with Crippen molar-refractivity contribution in [2.45, 2.75) is 20.8 Å². The fourth-order valence-corrected chi connectivity index (χ4v) is 0.0816. The van der Waals surface area contributed by atoms with Crippen molar-refractivity contribution < 1.29 is 14.4 Å². The molecule has 0 aliphatic rings. The second-order valence-electron chi connectivity index (χ2n) is 0.790. The van der Waals surface area contributed by atoms with Gasteiger partial charge < -0.3 is 5.53 Å². The molecule has 0 rings (SSSR count). The molecule has 0 spiro atoms. The molecule has 0 amide bonds. The van der Waals surface area contributed by atoms with Crippen LogP contribution in [0, 0.1) is 0 Å². The van der Waals surface area contributed by atoms with Crippen molar-refractivity contribution in [2.24, 2.45) is 0 Å². The van der Waals surface area contributed by atoms with E-state index in [1.165, 1.54) is 6.21 Å². The molecular weight excluding hydrogens is 120 g/mol. The van der Waals surface area contributed by atoms with Crippen LogP contribution in [0.5, 0.6) is 0 Å². The first-order chi connectivity index (χ1) is 3.83. The molecule has 0 unspecified atom stereocenters. The summed E-state index contributed by atoms with van der Waals surface area (Å²) in [6.45, 7) is 1.90. The van der Waals surface area contributed by atoms with Crippen LogP contribution in [0.15, 0.2) is 0 Å². The number of carbonyl (C=O) groups excluding carboxylic acids is 2. The van der Waals surface area contributed by atoms with Crippen LogP contribution in [0.25, 0.3) is 5.53 Å². The molecule has 0 aromatic rings. The highest BCUT2D eigenvalue weighted by atomic mass is 16.2. The van der Waals surface area contributed by atoms with Gasteiger partial charge in [0.05, 0.1) is 0 Å². The SMILES string of the molecule is C.CCC=[N+]=[N-].O=C=O. The van der Waals surface area contributed by atoms with Gasteiger partial charge in [-0.2, -0.15) is 14.4 Å². The lowest BCUT2D eigenvalue weighted by Gasteiger charge is -1.50. The molecule has 52 valence electrons. The normalized spacial score (nSPS) is 4.11. The smallest absolute Gasteiger partial charge is 0.362 e. The van der Waals surface area contributed by atoms with Gasteiger partial charge in [-0.25, -0.2) is 0 Å². The molecule has 0 saturated heterocycles. The lowest BCUT2D eigenvalue weighted by Crippen LogP contribution is -1.61. The van der Waals surface area contributed by atoms with Crippen LogP contribution in [0.3, 0.4) is 0 Å². The average Bonchev–Trinajstić information content (AvgIpc) is 1.71. The van der Waals surface area contributed by atoms with Gasteiger partial charge in [-0.3, -0.25) is 0 Å². The van der Waals surface area contributed by atoms with Crippen molar-refractivity contribution >= 4 is 12.4 Å². The van der Waals surface area contributed by atoms with Crippen LogP contribution in [-0.4, -0.2) is 17.2 Å². The van der Waals surface area contributed by atoms with Gasteiger partial charge in [0.15, 0.2) is 0 Å². The summed E-state index contributed by atoms with van der Waals surface area (Å²) in [7, 11) is 0. The van der Waals surface area contributed by atoms with Crippen molar-refractivity contribution in [1.29, 1.82) is 0 Å². The fraction of sp³-hybridized carbons (Fsp3) is 0.600. The molecule has 9 heavy (non-hydrogen) atoms. The van der Waals surface area contributed by atoms with Crippen LogP contribution in [0.2, 0.25) is 0 Å². The predicted molar refractivity (Wildman–Crippen MR) is 31.7 cm³/mol. The van der Waals surface area contributed by atoms with Crippen molar-refractivity contribution in [1.82, 2.24) is 0 Å². The van der Waals surface area contributed by atoms with E-state index in [1.807, 2.05) is 6.92 Å². The van der Waals surface area contributed by atoms with Gasteiger partial charge in [-0.05, 0) is 0 Å². The number of rotatable bonds is 1. The van der Waals surface area contributed by atoms with Crippen LogP contribution >= 0.6 is 0 Å². The standard InChI is InChI=1S/C3H6N2.CO2.CH4/c1-2-3-5-4;2-1-3;/h3H,2H2,1H3;;1H4. The van der Waals surface area contributed by atoms with Gasteiger partial charge in [-0.15, -0.1) is 0 Å². The topological polar surface area (TPSA) is 70.5 Å². The summed E-state index contributed by atoms with van der Waals surface area (Å²) in [5.74, 6) is 0. The van der Waals surface area contributed by atoms with E-state index in [0.29, 0.717) is 0 Å². The zero-order valence-electron chi connectivity index (χ0n) is 4.50. The quantitative estimate of drug-likeness (QED) is 0.298. The Balaban J connectivity index is -0.0000000800. The molecule has 0 aromatic heterocycles. The first kappa shape index (κ1) is 15.7. The molecule has 0 aromatic carbocycles. The van der Waals surface area contributed by atoms with Gasteiger partial charge in [-0.1, -0.05) is 14.4 Å². The third-order valence-electron chi connectivity index (χ3n) is 0.264. The van der Waals surface area contributed by atoms with Crippen molar-refractivity contribution in [3.8, 4) is 0 Å². The summed E-state index contributed by atoms with van der Waals surface area (Å²) >= 11 is 0. The van der Waals surface area contributed by atoms with Crippen LogP contribution in [0.4, 0.5) is 0 Å². The summed E-state index contributed by atoms with van der Waals surface area (Å²) in [5.41, 5.74) is 7.64. The van der Waals surface area contributed by atoms with Gasteiger partial charge in [0.25, 0.3) is 6.21 Å². The minimum atomic E-state index is 0. The summed E-state index contributed by atoms with van der Waals surface area (Å²) in [5, 5.41) is 0. The fourth-order valence-electron chi connectivity index (χ4n) is 0.0816. The Morgan fingerprint density at radius 3 is 2.00 bits per heavy atom. The maximum Gasteiger partial charge on any atom is 0.373 e. The van der Waals surface area contributed by atoms with Crippen LogP contribution in [-0.2, 0) is 9.59 Å². The summed E-state index contributed by atoms with van der Waals surface area (Å²) in [6, 6.07) is 0. The number of hydrogen-bond donors (Lipinski definition) is 0. The first-order valence-corrected chi connectivity index (χ1v) is 1.98. The molecule has 0 atom stereocenters. The third-order valence-corrected chi connectivity index (χ3v) is 0.264. The lowest BCUT2D eigenvalue weighted by atomic mass is 10.6. The molecule has 0 N–H and O–H groups in total. The van der Waals surface area contributed by atoms with Gasteiger partial charge in [0, 0.05) is 6.42 Å². The lowest BCUT2D eigenvalue weighted by molar-refractivity contribution is -0.191. The Labute approximate surface area is 54.1 Å². The van der Waals surface area contributed by atoms with E-state index in [4.69, 9.17) is 15.1 Å². The molecule has 4 nitrogen and oxygen atoms in total. The molecule has 0 radical (unpaired) electrons. The zero-order chi connectivity index (χ0) is 6.83. The molecular formula is C5H10N2O2. The van der Waals surface area contributed by atoms with E-state index in [1.54, 1.807) is 0 Å². The molecule has 0 bridgehead atoms. The largest absolute Gasteiger partial charge is 0.373 e. The van der Waals surface area contributed by atoms with E-state index in [-0.39, 0.29) is 13.6 Å². The highest BCUT2D eigenvalue weighted by Gasteiger charge is 1.61. The second-order valence-corrected chi connectivity index (χ2v) is 0.790. The summed E-state index contributed by atoms with van der Waals surface area (Å²) in [6.07, 6.45) is 2.48. The Kier molecular flexibility index (Phi) is 51.2. The van der Waals surface area contributed by atoms with Crippen molar-refractivity contribution in [3.05, 3.63) is 5.53 Å². The maximum absolute atomic E-state index is 8.12. The molecule has 0 aliphatic carbocycles. The Morgan fingerprint density at radius 2 is 2.00 bits per heavy atom. The van der Waals surface area contributed by atoms with Crippen molar-refractivity contribution in [2.75, 3.05) is 0 Å². The zero-order valence-corrected chi connectivity index (χ0v) is 4.50.